The molecule has 0 saturated carbocycles. The molecular weight excluding hydrogens is 302 g/mol. The van der Waals surface area contributed by atoms with Gasteiger partial charge >= 0.3 is 0 Å². The first kappa shape index (κ1) is 14.4. The van der Waals surface area contributed by atoms with Gasteiger partial charge < -0.3 is 9.72 Å². The van der Waals surface area contributed by atoms with Gasteiger partial charge in [-0.2, -0.15) is 0 Å². The fraction of sp³-hybridized carbons (Fsp3) is 0.167. The van der Waals surface area contributed by atoms with Gasteiger partial charge in [-0.25, -0.2) is 4.98 Å². The summed E-state index contributed by atoms with van der Waals surface area (Å²) in [6.07, 6.45) is 4.56. The molecule has 6 nitrogen and oxygen atoms in total. The zero-order chi connectivity index (χ0) is 16.4. The number of ether oxygens (including phenoxy) is 1. The third-order valence-electron chi connectivity index (χ3n) is 4.04. The van der Waals surface area contributed by atoms with Crippen molar-refractivity contribution in [2.75, 3.05) is 7.11 Å². The normalized spacial score (nSPS) is 11.0. The number of aromatic nitrogens is 5. The van der Waals surface area contributed by atoms with Crippen LogP contribution in [0.1, 0.15) is 5.56 Å². The molecule has 0 aliphatic carbocycles. The van der Waals surface area contributed by atoms with Crippen molar-refractivity contribution < 1.29 is 4.74 Å². The van der Waals surface area contributed by atoms with Gasteiger partial charge in [-0.3, -0.25) is 4.68 Å². The Morgan fingerprint density at radius 1 is 1.12 bits per heavy atom. The van der Waals surface area contributed by atoms with E-state index in [9.17, 15) is 0 Å². The highest BCUT2D eigenvalue weighted by Gasteiger charge is 2.06. The van der Waals surface area contributed by atoms with E-state index in [4.69, 9.17) is 4.74 Å². The molecule has 4 rings (SSSR count). The summed E-state index contributed by atoms with van der Waals surface area (Å²) in [5, 5.41) is 8.50. The summed E-state index contributed by atoms with van der Waals surface area (Å²) in [4.78, 5) is 7.37. The molecule has 4 aromatic rings. The van der Waals surface area contributed by atoms with Crippen LogP contribution in [-0.2, 0) is 13.0 Å². The number of nitrogens with one attached hydrogen (secondary N) is 1. The van der Waals surface area contributed by atoms with Crippen molar-refractivity contribution in [2.24, 2.45) is 0 Å². The van der Waals surface area contributed by atoms with Gasteiger partial charge in [0.1, 0.15) is 11.4 Å². The second-order valence-electron chi connectivity index (χ2n) is 5.60. The van der Waals surface area contributed by atoms with Crippen molar-refractivity contribution in [1.29, 1.82) is 0 Å². The Morgan fingerprint density at radius 3 is 2.83 bits per heavy atom. The Kier molecular flexibility index (Phi) is 3.70. The Labute approximate surface area is 139 Å². The predicted molar refractivity (Wildman–Crippen MR) is 91.8 cm³/mol. The van der Waals surface area contributed by atoms with Crippen molar-refractivity contribution in [3.63, 3.8) is 0 Å². The lowest BCUT2D eigenvalue weighted by Crippen LogP contribution is -2.02. The second kappa shape index (κ2) is 6.16. The fourth-order valence-electron chi connectivity index (χ4n) is 2.67. The van der Waals surface area contributed by atoms with Crippen molar-refractivity contribution in [2.45, 2.75) is 13.0 Å². The smallest absolute Gasteiger partial charge is 0.118 e. The van der Waals surface area contributed by atoms with Gasteiger partial charge in [-0.15, -0.1) is 5.10 Å². The van der Waals surface area contributed by atoms with E-state index in [0.717, 1.165) is 41.0 Å². The SMILES string of the molecule is COc1ccc(CCn2cc(-c3ccc4[nH]cnc4c3)nn2)cc1. The summed E-state index contributed by atoms with van der Waals surface area (Å²) in [5.41, 5.74) is 5.07. The molecule has 0 aliphatic rings. The average molecular weight is 319 g/mol. The van der Waals surface area contributed by atoms with Gasteiger partial charge in [0, 0.05) is 12.1 Å². The van der Waals surface area contributed by atoms with Crippen LogP contribution in [0.2, 0.25) is 0 Å². The summed E-state index contributed by atoms with van der Waals surface area (Å²) in [6, 6.07) is 14.1. The molecule has 0 saturated heterocycles. The Morgan fingerprint density at radius 2 is 2.00 bits per heavy atom. The first-order valence-electron chi connectivity index (χ1n) is 7.78. The van der Waals surface area contributed by atoms with Crippen LogP contribution in [0.15, 0.2) is 55.0 Å². The maximum absolute atomic E-state index is 5.17. The van der Waals surface area contributed by atoms with Gasteiger partial charge in [0.2, 0.25) is 0 Å². The van der Waals surface area contributed by atoms with Crippen LogP contribution < -0.4 is 4.74 Å². The van der Waals surface area contributed by atoms with Crippen molar-refractivity contribution in [3.8, 4) is 17.0 Å². The molecule has 0 unspecified atom stereocenters. The first-order chi connectivity index (χ1) is 11.8. The number of H-pyrrole nitrogens is 1. The maximum atomic E-state index is 5.17. The zero-order valence-corrected chi connectivity index (χ0v) is 13.3. The number of methoxy groups -OCH3 is 1. The monoisotopic (exact) mass is 319 g/mol. The molecule has 0 amide bonds. The molecule has 2 aromatic carbocycles. The number of imidazole rings is 1. The minimum atomic E-state index is 0.782. The molecule has 2 aromatic heterocycles. The van der Waals surface area contributed by atoms with Gasteiger partial charge in [-0.05, 0) is 36.2 Å². The minimum absolute atomic E-state index is 0.782. The van der Waals surface area contributed by atoms with Gasteiger partial charge in [0.05, 0.1) is 30.7 Å². The summed E-state index contributed by atoms with van der Waals surface area (Å²) in [5.74, 6) is 0.871. The molecule has 24 heavy (non-hydrogen) atoms. The highest BCUT2D eigenvalue weighted by atomic mass is 16.5. The van der Waals surface area contributed by atoms with Crippen LogP contribution in [0.4, 0.5) is 0 Å². The van der Waals surface area contributed by atoms with E-state index in [1.54, 1.807) is 13.4 Å². The van der Waals surface area contributed by atoms with Crippen LogP contribution >= 0.6 is 0 Å². The lowest BCUT2D eigenvalue weighted by molar-refractivity contribution is 0.414. The third-order valence-corrected chi connectivity index (χ3v) is 4.04. The van der Waals surface area contributed by atoms with E-state index in [1.807, 2.05) is 41.2 Å². The molecule has 120 valence electrons. The fourth-order valence-corrected chi connectivity index (χ4v) is 2.67. The minimum Gasteiger partial charge on any atom is -0.497 e. The van der Waals surface area contributed by atoms with Gasteiger partial charge in [0.25, 0.3) is 0 Å². The van der Waals surface area contributed by atoms with Crippen LogP contribution in [0.25, 0.3) is 22.3 Å². The number of aryl methyl sites for hydroxylation is 2. The summed E-state index contributed by atoms with van der Waals surface area (Å²) in [6.45, 7) is 0.782. The van der Waals surface area contributed by atoms with E-state index in [-0.39, 0.29) is 0 Å². The number of hydrogen-bond donors (Lipinski definition) is 1. The molecule has 1 N–H and O–H groups in total. The second-order valence-corrected chi connectivity index (χ2v) is 5.60. The number of rotatable bonds is 5. The Bertz CT molecular complexity index is 955. The van der Waals surface area contributed by atoms with Crippen LogP contribution in [-0.4, -0.2) is 32.1 Å². The summed E-state index contributed by atoms with van der Waals surface area (Å²) < 4.78 is 7.04. The highest BCUT2D eigenvalue weighted by Crippen LogP contribution is 2.20. The zero-order valence-electron chi connectivity index (χ0n) is 13.3. The molecule has 0 bridgehead atoms. The maximum Gasteiger partial charge on any atom is 0.118 e. The molecule has 2 heterocycles. The Balaban J connectivity index is 1.47. The van der Waals surface area contributed by atoms with Crippen molar-refractivity contribution in [1.82, 2.24) is 25.0 Å². The quantitative estimate of drug-likeness (QED) is 0.614. The summed E-state index contributed by atoms with van der Waals surface area (Å²) >= 11 is 0. The molecule has 0 spiro atoms. The number of aromatic amines is 1. The van der Waals surface area contributed by atoms with E-state index in [2.05, 4.69) is 32.4 Å². The first-order valence-corrected chi connectivity index (χ1v) is 7.78. The molecule has 6 heteroatoms. The van der Waals surface area contributed by atoms with E-state index < -0.39 is 0 Å². The number of benzene rings is 2. The van der Waals surface area contributed by atoms with Gasteiger partial charge in [-0.1, -0.05) is 23.4 Å². The van der Waals surface area contributed by atoms with Crippen LogP contribution in [0.3, 0.4) is 0 Å². The Hall–Kier alpha value is -3.15. The topological polar surface area (TPSA) is 68.6 Å². The molecule has 0 fully saturated rings. The van der Waals surface area contributed by atoms with Crippen LogP contribution in [0.5, 0.6) is 5.75 Å². The lowest BCUT2D eigenvalue weighted by atomic mass is 10.1. The average Bonchev–Trinajstić information content (AvgIpc) is 3.29. The molecule has 0 atom stereocenters. The van der Waals surface area contributed by atoms with Crippen molar-refractivity contribution in [3.05, 3.63) is 60.6 Å². The molecule has 0 aliphatic heterocycles. The van der Waals surface area contributed by atoms with Crippen molar-refractivity contribution >= 4 is 11.0 Å². The summed E-state index contributed by atoms with van der Waals surface area (Å²) in [7, 11) is 1.67. The van der Waals surface area contributed by atoms with Crippen LogP contribution in [0, 0.1) is 0 Å². The highest BCUT2D eigenvalue weighted by molar-refractivity contribution is 5.80. The number of hydrogen-bond acceptors (Lipinski definition) is 4. The molecular formula is C18H17N5O. The largest absolute Gasteiger partial charge is 0.497 e. The number of nitrogens with zero attached hydrogens (tertiary/aromatic N) is 4. The predicted octanol–water partition coefficient (Wildman–Crippen LogP) is 3.07. The van der Waals surface area contributed by atoms with E-state index in [1.165, 1.54) is 5.56 Å². The standard InChI is InChI=1S/C18H17N5O/c1-24-15-5-2-13(3-6-15)8-9-23-11-18(21-22-23)14-4-7-16-17(10-14)20-12-19-16/h2-7,10-12H,8-9H2,1H3,(H,19,20). The van der Waals surface area contributed by atoms with E-state index in [0.29, 0.717) is 0 Å². The molecule has 0 radical (unpaired) electrons. The third kappa shape index (κ3) is 2.86. The lowest BCUT2D eigenvalue weighted by Gasteiger charge is -2.03. The van der Waals surface area contributed by atoms with Gasteiger partial charge in [0.15, 0.2) is 0 Å². The van der Waals surface area contributed by atoms with E-state index >= 15 is 0 Å². The number of fused-ring (bicyclic) bond motifs is 1.